The van der Waals surface area contributed by atoms with E-state index in [4.69, 9.17) is 11.2 Å². The fourth-order valence-corrected chi connectivity index (χ4v) is 5.60. The number of rotatable bonds is 7. The molecule has 0 atom stereocenters. The minimum atomic E-state index is -4.89. The maximum absolute atomic E-state index is 14.0. The first kappa shape index (κ1) is 24.3. The SMILES string of the molecule is C#Cc1ccc2c(c1)[nH]c1c2c(=O)c2cc(OCCCC)c(-c3cccc(S(=O)(=O)F)c3)cc2n1C1CC1. The Morgan fingerprint density at radius 1 is 1.13 bits per heavy atom. The highest BCUT2D eigenvalue weighted by Gasteiger charge is 2.29. The topological polar surface area (TPSA) is 81.2 Å². The van der Waals surface area contributed by atoms with Crippen LogP contribution >= 0.6 is 0 Å². The molecular formula is C30H25FN2O4S. The van der Waals surface area contributed by atoms with Gasteiger partial charge in [0.05, 0.1) is 27.8 Å². The fraction of sp³-hybridized carbons (Fsp3) is 0.233. The van der Waals surface area contributed by atoms with Crippen LogP contribution in [0.4, 0.5) is 3.89 Å². The van der Waals surface area contributed by atoms with E-state index >= 15 is 0 Å². The van der Waals surface area contributed by atoms with E-state index in [2.05, 4.69) is 15.5 Å². The number of aromatic nitrogens is 2. The summed E-state index contributed by atoms with van der Waals surface area (Å²) < 4.78 is 45.4. The molecule has 1 saturated carbocycles. The Hall–Kier alpha value is -4.09. The van der Waals surface area contributed by atoms with E-state index in [9.17, 15) is 17.1 Å². The monoisotopic (exact) mass is 528 g/mol. The van der Waals surface area contributed by atoms with Gasteiger partial charge in [0.15, 0.2) is 5.43 Å². The molecule has 8 heteroatoms. The number of H-pyrrole nitrogens is 1. The standard InChI is InChI=1S/C30H25FN2O4S/c1-3-5-13-37-27-17-24-26(16-23(27)19-7-6-8-21(15-19)38(31,35)36)33(20-10-11-20)30-28(29(24)34)22-12-9-18(4-2)14-25(22)32-30/h2,6-9,12,14-17,20,32H,3,5,10-11,13H2,1H3. The maximum atomic E-state index is 14.0. The summed E-state index contributed by atoms with van der Waals surface area (Å²) in [7, 11) is -4.89. The summed E-state index contributed by atoms with van der Waals surface area (Å²) in [5.74, 6) is 3.09. The Bertz CT molecular complexity index is 1960. The molecule has 1 N–H and O–H groups in total. The lowest BCUT2D eigenvalue weighted by Gasteiger charge is -2.17. The predicted octanol–water partition coefficient (Wildman–Crippen LogP) is 6.46. The van der Waals surface area contributed by atoms with Gasteiger partial charge in [-0.2, -0.15) is 8.42 Å². The molecule has 0 spiro atoms. The van der Waals surface area contributed by atoms with Crippen molar-refractivity contribution >= 4 is 43.1 Å². The molecule has 0 unspecified atom stereocenters. The van der Waals surface area contributed by atoms with E-state index in [1.165, 1.54) is 18.2 Å². The molecule has 3 aromatic carbocycles. The van der Waals surface area contributed by atoms with Gasteiger partial charge in [-0.25, -0.2) is 0 Å². The molecule has 6 rings (SSSR count). The molecule has 0 bridgehead atoms. The first-order valence-electron chi connectivity index (χ1n) is 12.6. The van der Waals surface area contributed by atoms with Gasteiger partial charge in [0, 0.05) is 28.1 Å². The van der Waals surface area contributed by atoms with Crippen molar-refractivity contribution in [1.29, 1.82) is 0 Å². The Morgan fingerprint density at radius 3 is 2.66 bits per heavy atom. The Kier molecular flexibility index (Phi) is 5.77. The largest absolute Gasteiger partial charge is 0.493 e. The maximum Gasteiger partial charge on any atom is 0.332 e. The van der Waals surface area contributed by atoms with Crippen LogP contribution in [0.15, 0.2) is 64.3 Å². The normalized spacial score (nSPS) is 13.8. The lowest BCUT2D eigenvalue weighted by Crippen LogP contribution is -2.11. The van der Waals surface area contributed by atoms with E-state index in [1.807, 2.05) is 31.2 Å². The van der Waals surface area contributed by atoms with Crippen molar-refractivity contribution in [3.63, 3.8) is 0 Å². The van der Waals surface area contributed by atoms with Crippen LogP contribution < -0.4 is 10.2 Å². The molecule has 0 saturated heterocycles. The molecule has 38 heavy (non-hydrogen) atoms. The van der Waals surface area contributed by atoms with Gasteiger partial charge in [0.2, 0.25) is 0 Å². The Labute approximate surface area is 219 Å². The number of pyridine rings is 1. The number of fused-ring (bicyclic) bond motifs is 4. The van der Waals surface area contributed by atoms with Crippen LogP contribution in [-0.4, -0.2) is 24.6 Å². The number of halogens is 1. The highest BCUT2D eigenvalue weighted by molar-refractivity contribution is 7.86. The summed E-state index contributed by atoms with van der Waals surface area (Å²) >= 11 is 0. The smallest absolute Gasteiger partial charge is 0.332 e. The number of terminal acetylenes is 1. The Morgan fingerprint density at radius 2 is 1.95 bits per heavy atom. The van der Waals surface area contributed by atoms with Crippen LogP contribution in [0.5, 0.6) is 5.75 Å². The molecule has 0 amide bonds. The average Bonchev–Trinajstić information content (AvgIpc) is 3.67. The second-order valence-electron chi connectivity index (χ2n) is 9.72. The van der Waals surface area contributed by atoms with Crippen LogP contribution in [0.3, 0.4) is 0 Å². The molecule has 1 aliphatic carbocycles. The molecule has 0 aliphatic heterocycles. The number of unbranched alkanes of at least 4 members (excludes halogenated alkanes) is 1. The number of benzene rings is 3. The molecule has 2 heterocycles. The molecule has 0 radical (unpaired) electrons. The number of aromatic amines is 1. The minimum Gasteiger partial charge on any atom is -0.493 e. The molecule has 5 aromatic rings. The molecule has 2 aromatic heterocycles. The molecule has 192 valence electrons. The highest BCUT2D eigenvalue weighted by atomic mass is 32.3. The molecule has 1 aliphatic rings. The highest BCUT2D eigenvalue weighted by Crippen LogP contribution is 2.43. The van der Waals surface area contributed by atoms with Crippen molar-refractivity contribution in [2.75, 3.05) is 6.61 Å². The van der Waals surface area contributed by atoms with E-state index in [0.29, 0.717) is 39.8 Å². The van der Waals surface area contributed by atoms with Crippen LogP contribution in [0, 0.1) is 12.3 Å². The number of hydrogen-bond donors (Lipinski definition) is 1. The van der Waals surface area contributed by atoms with Crippen LogP contribution in [0.1, 0.15) is 44.2 Å². The quantitative estimate of drug-likeness (QED) is 0.149. The number of ether oxygens (including phenoxy) is 1. The summed E-state index contributed by atoms with van der Waals surface area (Å²) in [6.07, 6.45) is 9.27. The molecular weight excluding hydrogens is 503 g/mol. The summed E-state index contributed by atoms with van der Waals surface area (Å²) in [5.41, 5.74) is 3.90. The van der Waals surface area contributed by atoms with E-state index < -0.39 is 15.1 Å². The average molecular weight is 529 g/mol. The second-order valence-corrected chi connectivity index (χ2v) is 11.1. The van der Waals surface area contributed by atoms with Crippen LogP contribution in [-0.2, 0) is 10.2 Å². The van der Waals surface area contributed by atoms with Gasteiger partial charge >= 0.3 is 10.2 Å². The first-order chi connectivity index (χ1) is 18.3. The molecule has 1 fully saturated rings. The first-order valence-corrected chi connectivity index (χ1v) is 14.0. The van der Waals surface area contributed by atoms with Gasteiger partial charge in [-0.15, -0.1) is 10.3 Å². The summed E-state index contributed by atoms with van der Waals surface area (Å²) in [5, 5.41) is 1.91. The lowest BCUT2D eigenvalue weighted by molar-refractivity contribution is 0.311. The third kappa shape index (κ3) is 4.04. The van der Waals surface area contributed by atoms with Crippen molar-refractivity contribution in [2.45, 2.75) is 43.5 Å². The van der Waals surface area contributed by atoms with Crippen LogP contribution in [0.25, 0.3) is 44.0 Å². The zero-order chi connectivity index (χ0) is 26.6. The summed E-state index contributed by atoms with van der Waals surface area (Å²) in [6.45, 7) is 2.48. The molecule has 6 nitrogen and oxygen atoms in total. The van der Waals surface area contributed by atoms with Gasteiger partial charge in [0.25, 0.3) is 0 Å². The summed E-state index contributed by atoms with van der Waals surface area (Å²) in [6, 6.07) is 15.1. The van der Waals surface area contributed by atoms with Gasteiger partial charge in [-0.3, -0.25) is 4.79 Å². The number of nitrogens with one attached hydrogen (secondary N) is 1. The number of nitrogens with zero attached hydrogens (tertiary/aromatic N) is 1. The van der Waals surface area contributed by atoms with Crippen molar-refractivity contribution < 1.29 is 17.0 Å². The van der Waals surface area contributed by atoms with E-state index in [-0.39, 0.29) is 11.5 Å². The van der Waals surface area contributed by atoms with Gasteiger partial charge in [0.1, 0.15) is 11.4 Å². The van der Waals surface area contributed by atoms with Crippen molar-refractivity contribution in [3.05, 3.63) is 70.4 Å². The van der Waals surface area contributed by atoms with E-state index in [0.717, 1.165) is 47.8 Å². The third-order valence-electron chi connectivity index (χ3n) is 7.11. The third-order valence-corrected chi connectivity index (χ3v) is 7.93. The zero-order valence-electron chi connectivity index (χ0n) is 20.8. The van der Waals surface area contributed by atoms with Crippen molar-refractivity contribution in [1.82, 2.24) is 9.55 Å². The Balaban J connectivity index is 1.69. The van der Waals surface area contributed by atoms with Crippen LogP contribution in [0.2, 0.25) is 0 Å². The van der Waals surface area contributed by atoms with Gasteiger partial charge in [-0.1, -0.05) is 37.5 Å². The summed E-state index contributed by atoms with van der Waals surface area (Å²) in [4.78, 5) is 17.0. The van der Waals surface area contributed by atoms with Gasteiger partial charge < -0.3 is 14.3 Å². The second kappa shape index (κ2) is 9.03. The van der Waals surface area contributed by atoms with Crippen molar-refractivity contribution in [2.24, 2.45) is 0 Å². The van der Waals surface area contributed by atoms with E-state index in [1.54, 1.807) is 12.1 Å². The fourth-order valence-electron chi connectivity index (χ4n) is 5.09. The predicted molar refractivity (Wildman–Crippen MR) is 148 cm³/mol. The lowest BCUT2D eigenvalue weighted by atomic mass is 10.0. The zero-order valence-corrected chi connectivity index (χ0v) is 21.6. The minimum absolute atomic E-state index is 0.126. The van der Waals surface area contributed by atoms with Crippen molar-refractivity contribution in [3.8, 4) is 29.2 Å². The number of hydrogen-bond acceptors (Lipinski definition) is 4. The van der Waals surface area contributed by atoms with Gasteiger partial charge in [-0.05, 0) is 61.2 Å².